The number of benzene rings is 2. The molecular weight excluding hydrogens is 472 g/mol. The fourth-order valence-corrected chi connectivity index (χ4v) is 4.58. The Kier molecular flexibility index (Phi) is 8.45. The molecule has 1 N–H and O–H groups in total. The SMILES string of the molecule is COc1ccc(Cl)cc1NC(=O)COC(=O)/C=C/c1ccc(S(=O)(=O)N2CCOCC2)cc1. The van der Waals surface area contributed by atoms with Crippen LogP contribution in [-0.2, 0) is 29.1 Å². The molecular formula is C22H23ClN2O7S. The van der Waals surface area contributed by atoms with Crippen LogP contribution in [0.4, 0.5) is 5.69 Å². The zero-order valence-corrected chi connectivity index (χ0v) is 19.4. The lowest BCUT2D eigenvalue weighted by molar-refractivity contribution is -0.142. The highest BCUT2D eigenvalue weighted by molar-refractivity contribution is 7.89. The number of carbonyl (C=O) groups excluding carboxylic acids is 2. The molecule has 1 fully saturated rings. The average molecular weight is 495 g/mol. The third-order valence-electron chi connectivity index (χ3n) is 4.68. The smallest absolute Gasteiger partial charge is 0.331 e. The number of esters is 1. The number of hydrogen-bond acceptors (Lipinski definition) is 7. The maximum Gasteiger partial charge on any atom is 0.331 e. The normalized spacial score (nSPS) is 14.7. The number of rotatable bonds is 8. The maximum absolute atomic E-state index is 12.6. The largest absolute Gasteiger partial charge is 0.495 e. The number of hydrogen-bond donors (Lipinski definition) is 1. The summed E-state index contributed by atoms with van der Waals surface area (Å²) in [4.78, 5) is 24.2. The molecule has 176 valence electrons. The fraction of sp³-hybridized carbons (Fsp3) is 0.273. The van der Waals surface area contributed by atoms with E-state index >= 15 is 0 Å². The quantitative estimate of drug-likeness (QED) is 0.443. The molecule has 1 aliphatic rings. The average Bonchev–Trinajstić information content (AvgIpc) is 2.82. The van der Waals surface area contributed by atoms with E-state index in [0.717, 1.165) is 6.08 Å². The van der Waals surface area contributed by atoms with Gasteiger partial charge in [-0.2, -0.15) is 4.31 Å². The molecule has 1 saturated heterocycles. The first kappa shape index (κ1) is 24.7. The minimum atomic E-state index is -3.59. The lowest BCUT2D eigenvalue weighted by atomic mass is 10.2. The van der Waals surface area contributed by atoms with E-state index in [0.29, 0.717) is 48.3 Å². The Balaban J connectivity index is 1.52. The molecule has 3 rings (SSSR count). The number of morpholine rings is 1. The molecule has 11 heteroatoms. The predicted molar refractivity (Wildman–Crippen MR) is 123 cm³/mol. The van der Waals surface area contributed by atoms with Crippen molar-refractivity contribution in [2.75, 3.05) is 45.3 Å². The second kappa shape index (κ2) is 11.3. The topological polar surface area (TPSA) is 111 Å². The summed E-state index contributed by atoms with van der Waals surface area (Å²) in [6, 6.07) is 10.8. The molecule has 1 amide bonds. The number of anilines is 1. The third-order valence-corrected chi connectivity index (χ3v) is 6.83. The van der Waals surface area contributed by atoms with Crippen molar-refractivity contribution in [3.8, 4) is 5.75 Å². The second-order valence-corrected chi connectivity index (χ2v) is 9.29. The first-order chi connectivity index (χ1) is 15.8. The monoisotopic (exact) mass is 494 g/mol. The Hall–Kier alpha value is -2.92. The van der Waals surface area contributed by atoms with Crippen molar-refractivity contribution in [2.24, 2.45) is 0 Å². The van der Waals surface area contributed by atoms with E-state index in [2.05, 4.69) is 5.32 Å². The number of nitrogens with zero attached hydrogens (tertiary/aromatic N) is 1. The molecule has 0 spiro atoms. The first-order valence-corrected chi connectivity index (χ1v) is 11.8. The van der Waals surface area contributed by atoms with Gasteiger partial charge in [0.25, 0.3) is 5.91 Å². The van der Waals surface area contributed by atoms with Gasteiger partial charge in [-0.1, -0.05) is 23.7 Å². The van der Waals surface area contributed by atoms with Crippen molar-refractivity contribution in [3.05, 3.63) is 59.1 Å². The van der Waals surface area contributed by atoms with E-state index in [-0.39, 0.29) is 4.90 Å². The highest BCUT2D eigenvalue weighted by atomic mass is 35.5. The summed E-state index contributed by atoms with van der Waals surface area (Å²) in [5.41, 5.74) is 0.953. The molecule has 0 saturated carbocycles. The van der Waals surface area contributed by atoms with Crippen LogP contribution in [0, 0.1) is 0 Å². The third kappa shape index (κ3) is 6.78. The molecule has 2 aromatic rings. The van der Waals surface area contributed by atoms with Crippen molar-refractivity contribution in [3.63, 3.8) is 0 Å². The predicted octanol–water partition coefficient (Wildman–Crippen LogP) is 2.56. The molecule has 33 heavy (non-hydrogen) atoms. The summed E-state index contributed by atoms with van der Waals surface area (Å²) in [6.07, 6.45) is 2.62. The van der Waals surface area contributed by atoms with Crippen LogP contribution in [0.5, 0.6) is 5.75 Å². The van der Waals surface area contributed by atoms with Crippen LogP contribution in [-0.4, -0.2) is 64.6 Å². The van der Waals surface area contributed by atoms with Gasteiger partial charge in [-0.25, -0.2) is 13.2 Å². The zero-order chi connectivity index (χ0) is 23.8. The molecule has 0 bridgehead atoms. The van der Waals surface area contributed by atoms with Crippen molar-refractivity contribution >= 4 is 45.3 Å². The number of amides is 1. The van der Waals surface area contributed by atoms with E-state index in [1.54, 1.807) is 24.3 Å². The number of carbonyl (C=O) groups is 2. The highest BCUT2D eigenvalue weighted by Gasteiger charge is 2.25. The molecule has 0 aliphatic carbocycles. The zero-order valence-electron chi connectivity index (χ0n) is 17.8. The summed E-state index contributed by atoms with van der Waals surface area (Å²) in [5, 5.41) is 2.97. The van der Waals surface area contributed by atoms with Gasteiger partial charge < -0.3 is 19.5 Å². The van der Waals surface area contributed by atoms with Crippen molar-refractivity contribution < 1.29 is 32.2 Å². The molecule has 2 aromatic carbocycles. The lowest BCUT2D eigenvalue weighted by Crippen LogP contribution is -2.40. The Morgan fingerprint density at radius 3 is 2.52 bits per heavy atom. The first-order valence-electron chi connectivity index (χ1n) is 9.96. The minimum Gasteiger partial charge on any atom is -0.495 e. The van der Waals surface area contributed by atoms with E-state index in [4.69, 9.17) is 25.8 Å². The van der Waals surface area contributed by atoms with Crippen LogP contribution < -0.4 is 10.1 Å². The van der Waals surface area contributed by atoms with Crippen LogP contribution in [0.25, 0.3) is 6.08 Å². The summed E-state index contributed by atoms with van der Waals surface area (Å²) in [6.45, 7) is 0.857. The van der Waals surface area contributed by atoms with Gasteiger partial charge in [0.05, 0.1) is 30.9 Å². The van der Waals surface area contributed by atoms with Gasteiger partial charge in [-0.3, -0.25) is 4.79 Å². The molecule has 0 unspecified atom stereocenters. The lowest BCUT2D eigenvalue weighted by Gasteiger charge is -2.26. The second-order valence-electron chi connectivity index (χ2n) is 6.92. The summed E-state index contributed by atoms with van der Waals surface area (Å²) >= 11 is 5.92. The fourth-order valence-electron chi connectivity index (χ4n) is 3.00. The van der Waals surface area contributed by atoms with Crippen molar-refractivity contribution in [2.45, 2.75) is 4.90 Å². The van der Waals surface area contributed by atoms with E-state index < -0.39 is 28.5 Å². The molecule has 0 radical (unpaired) electrons. The molecule has 0 aromatic heterocycles. The molecule has 1 heterocycles. The Morgan fingerprint density at radius 2 is 1.85 bits per heavy atom. The molecule has 1 aliphatic heterocycles. The summed E-state index contributed by atoms with van der Waals surface area (Å²) in [7, 11) is -2.13. The Bertz CT molecular complexity index is 1130. The number of methoxy groups -OCH3 is 1. The Morgan fingerprint density at radius 1 is 1.15 bits per heavy atom. The van der Waals surface area contributed by atoms with Crippen LogP contribution in [0.3, 0.4) is 0 Å². The van der Waals surface area contributed by atoms with Gasteiger partial charge in [0, 0.05) is 24.2 Å². The van der Waals surface area contributed by atoms with Gasteiger partial charge in [0.1, 0.15) is 5.75 Å². The molecule has 9 nitrogen and oxygen atoms in total. The van der Waals surface area contributed by atoms with Gasteiger partial charge in [0.2, 0.25) is 10.0 Å². The number of halogens is 1. The standard InChI is InChI=1S/C22H23ClN2O7S/c1-30-20-8-5-17(23)14-19(20)24-21(26)15-32-22(27)9-4-16-2-6-18(7-3-16)33(28,29)25-10-12-31-13-11-25/h2-9,14H,10-13,15H2,1H3,(H,24,26)/b9-4+. The highest BCUT2D eigenvalue weighted by Crippen LogP contribution is 2.27. The number of nitrogens with one attached hydrogen (secondary N) is 1. The Labute approximate surface area is 196 Å². The van der Waals surface area contributed by atoms with Crippen molar-refractivity contribution in [1.82, 2.24) is 4.31 Å². The van der Waals surface area contributed by atoms with Gasteiger partial charge in [-0.05, 0) is 42.0 Å². The van der Waals surface area contributed by atoms with E-state index in [1.807, 2.05) is 0 Å². The molecule has 0 atom stereocenters. The minimum absolute atomic E-state index is 0.164. The number of sulfonamides is 1. The van der Waals surface area contributed by atoms with Gasteiger partial charge in [-0.15, -0.1) is 0 Å². The number of ether oxygens (including phenoxy) is 3. The van der Waals surface area contributed by atoms with E-state index in [9.17, 15) is 18.0 Å². The van der Waals surface area contributed by atoms with Gasteiger partial charge >= 0.3 is 5.97 Å². The van der Waals surface area contributed by atoms with Crippen LogP contribution in [0.15, 0.2) is 53.4 Å². The summed E-state index contributed by atoms with van der Waals surface area (Å²) in [5.74, 6) is -0.874. The van der Waals surface area contributed by atoms with Gasteiger partial charge in [0.15, 0.2) is 6.61 Å². The van der Waals surface area contributed by atoms with Crippen LogP contribution >= 0.6 is 11.6 Å². The maximum atomic E-state index is 12.6. The van der Waals surface area contributed by atoms with Crippen LogP contribution in [0.1, 0.15) is 5.56 Å². The van der Waals surface area contributed by atoms with E-state index in [1.165, 1.54) is 35.7 Å². The van der Waals surface area contributed by atoms with Crippen molar-refractivity contribution in [1.29, 1.82) is 0 Å². The summed E-state index contributed by atoms with van der Waals surface area (Å²) < 4.78 is 41.9. The van der Waals surface area contributed by atoms with Crippen LogP contribution in [0.2, 0.25) is 5.02 Å².